The molecule has 4 nitrogen and oxygen atoms in total. The minimum absolute atomic E-state index is 0.153. The molecule has 1 aliphatic carbocycles. The monoisotopic (exact) mass is 681 g/mol. The van der Waals surface area contributed by atoms with Gasteiger partial charge in [0, 0.05) is 19.6 Å². The molecule has 0 aromatic heterocycles. The van der Waals surface area contributed by atoms with Gasteiger partial charge in [-0.1, -0.05) is 146 Å². The lowest BCUT2D eigenvalue weighted by Crippen LogP contribution is -2.33. The van der Waals surface area contributed by atoms with E-state index in [-0.39, 0.29) is 23.2 Å². The van der Waals surface area contributed by atoms with E-state index in [1.165, 1.54) is 56.1 Å². The first-order valence-corrected chi connectivity index (χ1v) is 19.8. The summed E-state index contributed by atoms with van der Waals surface area (Å²) < 4.78 is 18.5. The molecule has 4 rings (SSSR count). The standard InChI is InChI=1S/C29H48O3.C13H20O.C3H8/c1-28(2,3)21-26(29(4,5)6)23-12-14-24(15-13-23)31-27(20-22-10-8-7-9-11-22)32-25-16-18-30-19-17-25;1-5-12(13(2,3)4)10-6-8-11(14)9-7-10;1-3-2/h12-15,22,25-27H,7-11,16-21H2,1-6H3;6-9,12,14H,5H2,1-4H3;3H2,1-2H3. The summed E-state index contributed by atoms with van der Waals surface area (Å²) in [4.78, 5) is 0. The van der Waals surface area contributed by atoms with Crippen LogP contribution in [0.1, 0.15) is 177 Å². The third kappa shape index (κ3) is 16.7. The molecule has 4 heteroatoms. The molecule has 0 amide bonds. The van der Waals surface area contributed by atoms with Crippen LogP contribution in [-0.2, 0) is 9.47 Å². The average Bonchev–Trinajstić information content (AvgIpc) is 3.02. The summed E-state index contributed by atoms with van der Waals surface area (Å²) in [5.74, 6) is 3.09. The largest absolute Gasteiger partial charge is 0.508 e. The molecule has 1 saturated heterocycles. The van der Waals surface area contributed by atoms with Crippen LogP contribution < -0.4 is 4.74 Å². The van der Waals surface area contributed by atoms with Crippen molar-refractivity contribution in [3.8, 4) is 11.5 Å². The van der Waals surface area contributed by atoms with Gasteiger partial charge < -0.3 is 19.3 Å². The van der Waals surface area contributed by atoms with Gasteiger partial charge in [0.2, 0.25) is 0 Å². The molecule has 2 aliphatic rings. The Labute approximate surface area is 303 Å². The Morgan fingerprint density at radius 1 is 0.694 bits per heavy atom. The van der Waals surface area contributed by atoms with Crippen molar-refractivity contribution in [2.45, 2.75) is 178 Å². The number of benzene rings is 2. The molecule has 3 unspecified atom stereocenters. The van der Waals surface area contributed by atoms with Crippen LogP contribution >= 0.6 is 0 Å². The Bertz CT molecular complexity index is 1100. The molecule has 1 heterocycles. The normalized spacial score (nSPS) is 18.3. The molecule has 0 bridgehead atoms. The van der Waals surface area contributed by atoms with Crippen LogP contribution in [0.25, 0.3) is 0 Å². The van der Waals surface area contributed by atoms with Crippen LogP contribution in [0.4, 0.5) is 0 Å². The maximum Gasteiger partial charge on any atom is 0.200 e. The SMILES string of the molecule is CC(C)(C)CC(c1ccc(OC(CC2CCCCC2)OC2CCOCC2)cc1)C(C)(C)C.CCC.CCC(c1ccc(O)cc1)C(C)(C)C. The second kappa shape index (κ2) is 20.7. The van der Waals surface area contributed by atoms with E-state index in [1.807, 2.05) is 12.1 Å². The lowest BCUT2D eigenvalue weighted by molar-refractivity contribution is -0.152. The zero-order valence-electron chi connectivity index (χ0n) is 33.9. The lowest BCUT2D eigenvalue weighted by Gasteiger charge is -2.36. The van der Waals surface area contributed by atoms with E-state index in [1.54, 1.807) is 12.1 Å². The smallest absolute Gasteiger partial charge is 0.200 e. The van der Waals surface area contributed by atoms with Gasteiger partial charge in [0.25, 0.3) is 0 Å². The number of aromatic hydroxyl groups is 1. The molecule has 0 spiro atoms. The Morgan fingerprint density at radius 2 is 1.18 bits per heavy atom. The van der Waals surface area contributed by atoms with Crippen LogP contribution in [0.3, 0.4) is 0 Å². The first-order valence-electron chi connectivity index (χ1n) is 19.8. The number of phenolic OH excluding ortho intramolecular Hbond substituents is 1. The predicted octanol–water partition coefficient (Wildman–Crippen LogP) is 13.5. The van der Waals surface area contributed by atoms with Crippen molar-refractivity contribution in [1.29, 1.82) is 0 Å². The van der Waals surface area contributed by atoms with Crippen molar-refractivity contribution < 1.29 is 19.3 Å². The van der Waals surface area contributed by atoms with E-state index in [4.69, 9.17) is 14.2 Å². The van der Waals surface area contributed by atoms with Crippen molar-refractivity contribution in [2.75, 3.05) is 13.2 Å². The Balaban J connectivity index is 0.000000407. The molecule has 0 radical (unpaired) electrons. The maximum atomic E-state index is 9.21. The highest BCUT2D eigenvalue weighted by atomic mass is 16.7. The van der Waals surface area contributed by atoms with Gasteiger partial charge in [-0.05, 0) is 95.1 Å². The van der Waals surface area contributed by atoms with Gasteiger partial charge in [0.1, 0.15) is 11.5 Å². The van der Waals surface area contributed by atoms with Crippen LogP contribution in [0.15, 0.2) is 48.5 Å². The number of phenols is 1. The molecule has 280 valence electrons. The Morgan fingerprint density at radius 3 is 1.65 bits per heavy atom. The highest BCUT2D eigenvalue weighted by molar-refractivity contribution is 5.31. The number of hydrogen-bond donors (Lipinski definition) is 1. The van der Waals surface area contributed by atoms with Gasteiger partial charge >= 0.3 is 0 Å². The van der Waals surface area contributed by atoms with Crippen molar-refractivity contribution >= 4 is 0 Å². The zero-order valence-corrected chi connectivity index (χ0v) is 33.9. The van der Waals surface area contributed by atoms with Gasteiger partial charge in [-0.3, -0.25) is 0 Å². The third-order valence-corrected chi connectivity index (χ3v) is 9.92. The van der Waals surface area contributed by atoms with Crippen LogP contribution in [0, 0.1) is 22.2 Å². The summed E-state index contributed by atoms with van der Waals surface area (Å²) >= 11 is 0. The summed E-state index contributed by atoms with van der Waals surface area (Å²) in [5.41, 5.74) is 3.54. The van der Waals surface area contributed by atoms with Crippen molar-refractivity contribution in [2.24, 2.45) is 22.2 Å². The molecule has 2 fully saturated rings. The molecule has 1 saturated carbocycles. The van der Waals surface area contributed by atoms with Crippen LogP contribution in [0.5, 0.6) is 11.5 Å². The second-order valence-corrected chi connectivity index (χ2v) is 18.1. The molecule has 2 aromatic rings. The van der Waals surface area contributed by atoms with E-state index in [2.05, 4.69) is 107 Å². The van der Waals surface area contributed by atoms with Gasteiger partial charge in [0.15, 0.2) is 6.29 Å². The van der Waals surface area contributed by atoms with Crippen molar-refractivity contribution in [3.63, 3.8) is 0 Å². The van der Waals surface area contributed by atoms with E-state index >= 15 is 0 Å². The predicted molar refractivity (Wildman–Crippen MR) is 210 cm³/mol. The molecule has 3 atom stereocenters. The number of ether oxygens (including phenoxy) is 3. The highest BCUT2D eigenvalue weighted by Gasteiger charge is 2.31. The molecule has 1 aliphatic heterocycles. The van der Waals surface area contributed by atoms with Gasteiger partial charge in [-0.15, -0.1) is 0 Å². The van der Waals surface area contributed by atoms with E-state index in [0.29, 0.717) is 23.0 Å². The third-order valence-electron chi connectivity index (χ3n) is 9.92. The molecular formula is C45H76O4. The van der Waals surface area contributed by atoms with E-state index in [0.717, 1.165) is 50.6 Å². The van der Waals surface area contributed by atoms with Crippen molar-refractivity contribution in [1.82, 2.24) is 0 Å². The molecular weight excluding hydrogens is 604 g/mol. The molecule has 2 aromatic carbocycles. The molecule has 1 N–H and O–H groups in total. The summed E-state index contributed by atoms with van der Waals surface area (Å²) in [6.07, 6.45) is 13.3. The lowest BCUT2D eigenvalue weighted by atomic mass is 9.69. The van der Waals surface area contributed by atoms with Crippen molar-refractivity contribution in [3.05, 3.63) is 59.7 Å². The minimum Gasteiger partial charge on any atom is -0.508 e. The summed E-state index contributed by atoms with van der Waals surface area (Å²) in [6.45, 7) is 28.9. The van der Waals surface area contributed by atoms with E-state index in [9.17, 15) is 5.11 Å². The second-order valence-electron chi connectivity index (χ2n) is 18.1. The summed E-state index contributed by atoms with van der Waals surface area (Å²) in [7, 11) is 0. The highest BCUT2D eigenvalue weighted by Crippen LogP contribution is 2.43. The summed E-state index contributed by atoms with van der Waals surface area (Å²) in [6, 6.07) is 16.5. The fraction of sp³-hybridized carbons (Fsp3) is 0.733. The fourth-order valence-electron chi connectivity index (χ4n) is 7.37. The fourth-order valence-corrected chi connectivity index (χ4v) is 7.37. The van der Waals surface area contributed by atoms with E-state index < -0.39 is 0 Å². The quantitative estimate of drug-likeness (QED) is 0.254. The van der Waals surface area contributed by atoms with Crippen LogP contribution in [0.2, 0.25) is 0 Å². The minimum atomic E-state index is -0.153. The topological polar surface area (TPSA) is 47.9 Å². The van der Waals surface area contributed by atoms with Gasteiger partial charge in [-0.25, -0.2) is 0 Å². The van der Waals surface area contributed by atoms with Gasteiger partial charge in [0.05, 0.1) is 6.10 Å². The Hall–Kier alpha value is -2.04. The van der Waals surface area contributed by atoms with Crippen LogP contribution in [-0.4, -0.2) is 30.7 Å². The summed E-state index contributed by atoms with van der Waals surface area (Å²) in [5, 5.41) is 9.21. The first-order chi connectivity index (χ1) is 23.0. The zero-order chi connectivity index (χ0) is 36.7. The average molecular weight is 681 g/mol. The Kier molecular flexibility index (Phi) is 18.2. The number of hydrogen-bond acceptors (Lipinski definition) is 4. The van der Waals surface area contributed by atoms with Gasteiger partial charge in [-0.2, -0.15) is 0 Å². The maximum absolute atomic E-state index is 9.21. The number of rotatable bonds is 10. The first kappa shape index (κ1) is 43.1. The molecule has 49 heavy (non-hydrogen) atoms.